The van der Waals surface area contributed by atoms with E-state index in [-0.39, 0.29) is 38.1 Å². The van der Waals surface area contributed by atoms with Crippen molar-refractivity contribution in [2.24, 2.45) is 0 Å². The molecule has 0 heterocycles. The van der Waals surface area contributed by atoms with Crippen molar-refractivity contribution in [3.63, 3.8) is 0 Å². The van der Waals surface area contributed by atoms with E-state index in [1.807, 2.05) is 0 Å². The molecule has 14 heteroatoms. The van der Waals surface area contributed by atoms with Crippen LogP contribution in [0.1, 0.15) is 63.2 Å². The van der Waals surface area contributed by atoms with Gasteiger partial charge in [-0.05, 0) is 12.8 Å². The third-order valence-electron chi connectivity index (χ3n) is 4.20. The van der Waals surface area contributed by atoms with E-state index in [0.29, 0.717) is 0 Å². The van der Waals surface area contributed by atoms with Gasteiger partial charge in [-0.1, -0.05) is 20.8 Å². The molecule has 0 spiro atoms. The number of benzene rings is 1. The van der Waals surface area contributed by atoms with E-state index in [9.17, 15) is 41.1 Å². The van der Waals surface area contributed by atoms with Crippen LogP contribution in [0.25, 0.3) is 0 Å². The fourth-order valence-corrected chi connectivity index (χ4v) is 5.00. The van der Waals surface area contributed by atoms with E-state index in [4.69, 9.17) is 13.3 Å². The monoisotopic (exact) mass is 514 g/mol. The molecule has 8 nitrogen and oxygen atoms in total. The van der Waals surface area contributed by atoms with Crippen molar-refractivity contribution in [1.82, 2.24) is 0 Å². The quantitative estimate of drug-likeness (QED) is 0.102. The third kappa shape index (κ3) is 7.50. The van der Waals surface area contributed by atoms with Gasteiger partial charge in [-0.3, -0.25) is 14.4 Å². The van der Waals surface area contributed by atoms with Crippen molar-refractivity contribution in [1.29, 1.82) is 0 Å². The Labute approximate surface area is 192 Å². The lowest BCUT2D eigenvalue weighted by molar-refractivity contribution is -0.150. The molecule has 0 aromatic heterocycles. The first-order chi connectivity index (χ1) is 15.9. The Hall–Kier alpha value is -3.03. The average Bonchev–Trinajstić information content (AvgIpc) is 2.80. The van der Waals surface area contributed by atoms with Gasteiger partial charge in [0, 0.05) is 19.3 Å². The number of hydrogen-bond donors (Lipinski definition) is 0. The van der Waals surface area contributed by atoms with Crippen LogP contribution in [-0.4, -0.2) is 39.3 Å². The van der Waals surface area contributed by atoms with Gasteiger partial charge in [0.05, 0.1) is 12.7 Å². The highest BCUT2D eigenvalue weighted by molar-refractivity contribution is 6.65. The van der Waals surface area contributed by atoms with Gasteiger partial charge in [0.25, 0.3) is 17.9 Å². The predicted molar refractivity (Wildman–Crippen MR) is 105 cm³/mol. The molecular weight excluding hydrogens is 491 g/mol. The lowest BCUT2D eigenvalue weighted by Gasteiger charge is -2.27. The van der Waals surface area contributed by atoms with Crippen LogP contribution < -0.4 is 0 Å². The van der Waals surface area contributed by atoms with Crippen LogP contribution in [0.15, 0.2) is 0 Å². The maximum Gasteiger partial charge on any atom is 0.705 e. The normalized spacial score (nSPS) is 11.1. The molecule has 190 valence electrons. The first-order valence-electron chi connectivity index (χ1n) is 10.3. The van der Waals surface area contributed by atoms with Crippen molar-refractivity contribution in [2.75, 3.05) is 6.61 Å². The van der Waals surface area contributed by atoms with Crippen LogP contribution in [0, 0.1) is 29.1 Å². The van der Waals surface area contributed by atoms with E-state index in [2.05, 4.69) is 4.74 Å². The largest absolute Gasteiger partial charge is 0.705 e. The van der Waals surface area contributed by atoms with Gasteiger partial charge < -0.3 is 18.0 Å². The van der Waals surface area contributed by atoms with Crippen molar-refractivity contribution < 1.29 is 59.1 Å². The minimum Gasteiger partial charge on any atom is -0.462 e. The summed E-state index contributed by atoms with van der Waals surface area (Å²) >= 11 is 0. The van der Waals surface area contributed by atoms with E-state index in [1.54, 1.807) is 0 Å². The molecule has 0 radical (unpaired) electrons. The first kappa shape index (κ1) is 29.0. The smallest absolute Gasteiger partial charge is 0.462 e. The van der Waals surface area contributed by atoms with Gasteiger partial charge in [-0.2, -0.15) is 0 Å². The first-order valence-corrected chi connectivity index (χ1v) is 12.2. The average molecular weight is 514 g/mol. The summed E-state index contributed by atoms with van der Waals surface area (Å²) in [5.41, 5.74) is -1.74. The summed E-state index contributed by atoms with van der Waals surface area (Å²) in [6, 6.07) is -0.254. The van der Waals surface area contributed by atoms with Gasteiger partial charge in [0.1, 0.15) is 5.56 Å². The van der Waals surface area contributed by atoms with E-state index >= 15 is 0 Å². The molecule has 0 atom stereocenters. The second kappa shape index (κ2) is 13.0. The minimum atomic E-state index is -4.18. The Morgan fingerprint density at radius 2 is 1.03 bits per heavy atom. The van der Waals surface area contributed by atoms with Crippen molar-refractivity contribution in [2.45, 2.75) is 58.9 Å². The fourth-order valence-electron chi connectivity index (χ4n) is 2.42. The molecule has 0 fully saturated rings. The molecule has 1 aromatic carbocycles. The van der Waals surface area contributed by atoms with Crippen molar-refractivity contribution in [3.8, 4) is 0 Å². The van der Waals surface area contributed by atoms with Gasteiger partial charge >= 0.3 is 14.8 Å². The second-order valence-corrected chi connectivity index (χ2v) is 9.18. The Morgan fingerprint density at radius 3 is 1.41 bits per heavy atom. The summed E-state index contributed by atoms with van der Waals surface area (Å²) in [4.78, 5) is 47.4. The highest BCUT2D eigenvalue weighted by atomic mass is 28.4. The number of carbonyl (C=O) groups is 4. The lowest BCUT2D eigenvalue weighted by Crippen LogP contribution is -2.50. The Bertz CT molecular complexity index is 865. The zero-order chi connectivity index (χ0) is 26.1. The number of ether oxygens (including phenoxy) is 1. The van der Waals surface area contributed by atoms with Crippen LogP contribution in [0.2, 0.25) is 6.04 Å². The molecule has 1 aromatic rings. The molecule has 0 N–H and O–H groups in total. The number of hydrogen-bond acceptors (Lipinski definition) is 8. The van der Waals surface area contributed by atoms with Crippen LogP contribution in [0.4, 0.5) is 22.0 Å². The zero-order valence-corrected chi connectivity index (χ0v) is 19.6. The fraction of sp³-hybridized carbons (Fsp3) is 0.500. The topological polar surface area (TPSA) is 105 Å². The Balaban J connectivity index is 2.89. The summed E-state index contributed by atoms with van der Waals surface area (Å²) in [7, 11) is -4.18. The number of halogens is 5. The Kier molecular flexibility index (Phi) is 11.1. The van der Waals surface area contributed by atoms with Gasteiger partial charge in [-0.15, -0.1) is 0 Å². The highest BCUT2D eigenvalue weighted by Gasteiger charge is 2.52. The summed E-state index contributed by atoms with van der Waals surface area (Å²) in [5, 5.41) is 0. The molecule has 0 bridgehead atoms. The number of unbranched alkanes of at least 4 members (excludes halogenated alkanes) is 1. The molecule has 0 saturated heterocycles. The molecule has 0 aliphatic heterocycles. The maximum atomic E-state index is 13.7. The van der Waals surface area contributed by atoms with Gasteiger partial charge in [0.2, 0.25) is 5.82 Å². The van der Waals surface area contributed by atoms with E-state index < -0.39 is 73.9 Å². The van der Waals surface area contributed by atoms with Crippen LogP contribution in [-0.2, 0) is 32.4 Å². The summed E-state index contributed by atoms with van der Waals surface area (Å²) < 4.78 is 87.1. The van der Waals surface area contributed by atoms with E-state index in [0.717, 1.165) is 0 Å². The molecule has 1 rings (SSSR count). The molecule has 0 unspecified atom stereocenters. The standard InChI is InChI=1S/C20H23F5O8Si/c1-4-11(26)31-34(32-12(27)5-2,33-13(28)6-3)10-8-7-9-30-20(29)14-15(21)17(23)19(25)18(24)16(14)22/h4-10H2,1-3H3. The highest BCUT2D eigenvalue weighted by Crippen LogP contribution is 2.25. The van der Waals surface area contributed by atoms with Crippen molar-refractivity contribution >= 4 is 32.7 Å². The summed E-state index contributed by atoms with van der Waals surface area (Å²) in [5.74, 6) is -15.9. The summed E-state index contributed by atoms with van der Waals surface area (Å²) in [6.45, 7) is 3.84. The maximum absolute atomic E-state index is 13.7. The Morgan fingerprint density at radius 1 is 0.647 bits per heavy atom. The van der Waals surface area contributed by atoms with Crippen LogP contribution in [0.3, 0.4) is 0 Å². The number of carbonyl (C=O) groups excluding carboxylic acids is 4. The SMILES string of the molecule is CCC(=O)O[Si](CCCCOC(=O)c1c(F)c(F)c(F)c(F)c1F)(OC(=O)CC)OC(=O)CC. The van der Waals surface area contributed by atoms with E-state index in [1.165, 1.54) is 20.8 Å². The molecule has 34 heavy (non-hydrogen) atoms. The molecule has 0 saturated carbocycles. The molecular formula is C20H23F5O8Si. The van der Waals surface area contributed by atoms with Gasteiger partial charge in [-0.25, -0.2) is 26.7 Å². The summed E-state index contributed by atoms with van der Waals surface area (Å²) in [6.07, 6.45) is -0.445. The molecule has 0 aliphatic rings. The van der Waals surface area contributed by atoms with Crippen LogP contribution >= 0.6 is 0 Å². The van der Waals surface area contributed by atoms with Gasteiger partial charge in [0.15, 0.2) is 23.3 Å². The second-order valence-electron chi connectivity index (χ2n) is 6.70. The number of esters is 1. The number of rotatable bonds is 12. The third-order valence-corrected chi connectivity index (χ3v) is 6.78. The zero-order valence-electron chi connectivity index (χ0n) is 18.6. The lowest BCUT2D eigenvalue weighted by atomic mass is 10.1. The molecule has 0 aliphatic carbocycles. The minimum absolute atomic E-state index is 0.0262. The predicted octanol–water partition coefficient (Wildman–Crippen LogP) is 4.12. The molecule has 0 amide bonds. The van der Waals surface area contributed by atoms with Crippen molar-refractivity contribution in [3.05, 3.63) is 34.6 Å². The van der Waals surface area contributed by atoms with Crippen LogP contribution in [0.5, 0.6) is 0 Å².